The van der Waals surface area contributed by atoms with Crippen LogP contribution in [-0.2, 0) is 0 Å². The molecule has 3 heteroatoms. The van der Waals surface area contributed by atoms with Crippen LogP contribution in [0, 0.1) is 0 Å². The molecular formula is C6H11N3. The summed E-state index contributed by atoms with van der Waals surface area (Å²) in [7, 11) is 0. The zero-order valence-corrected chi connectivity index (χ0v) is 5.54. The topological polar surface area (TPSA) is 41.6 Å². The lowest BCUT2D eigenvalue weighted by Gasteiger charge is -2.10. The summed E-state index contributed by atoms with van der Waals surface area (Å²) in [6.45, 7) is 8.94. The molecule has 0 aliphatic carbocycles. The number of nitrogens with two attached hydrogens (primary N) is 1. The molecule has 3 nitrogen and oxygen atoms in total. The van der Waals surface area contributed by atoms with Gasteiger partial charge in [0.2, 0.25) is 0 Å². The Morgan fingerprint density at radius 1 is 1.78 bits per heavy atom. The molecule has 0 heterocycles. The van der Waals surface area contributed by atoms with Gasteiger partial charge in [0.25, 0.3) is 0 Å². The lowest BCUT2D eigenvalue weighted by molar-refractivity contribution is 0.505. The second-order valence-corrected chi connectivity index (χ2v) is 1.53. The summed E-state index contributed by atoms with van der Waals surface area (Å²) in [6.07, 6.45) is 2.72. The van der Waals surface area contributed by atoms with Gasteiger partial charge < -0.3 is 5.73 Å². The van der Waals surface area contributed by atoms with Crippen molar-refractivity contribution in [3.63, 3.8) is 0 Å². The molecule has 0 bridgehead atoms. The van der Waals surface area contributed by atoms with Gasteiger partial charge in [0.05, 0.1) is 0 Å². The van der Waals surface area contributed by atoms with Gasteiger partial charge in [-0.25, -0.2) is 5.01 Å². The highest BCUT2D eigenvalue weighted by molar-refractivity contribution is 5.50. The summed E-state index contributed by atoms with van der Waals surface area (Å²) in [4.78, 5) is 0. The quantitative estimate of drug-likeness (QED) is 0.345. The fourth-order valence-electron chi connectivity index (χ4n) is 0.373. The van der Waals surface area contributed by atoms with Crippen molar-refractivity contribution < 1.29 is 0 Å². The Morgan fingerprint density at radius 2 is 2.33 bits per heavy atom. The van der Waals surface area contributed by atoms with Crippen LogP contribution in [0.4, 0.5) is 0 Å². The highest BCUT2D eigenvalue weighted by Crippen LogP contribution is 1.98. The predicted octanol–water partition coefficient (Wildman–Crippen LogP) is 0.868. The SMILES string of the molecule is C=CN(/N=C\N)C(=C)C. The fraction of sp³-hybridized carbons (Fsp3) is 0.167. The lowest BCUT2D eigenvalue weighted by Crippen LogP contribution is -2.07. The minimum atomic E-state index is 0.784. The van der Waals surface area contributed by atoms with Crippen molar-refractivity contribution >= 4 is 6.34 Å². The van der Waals surface area contributed by atoms with Gasteiger partial charge in [-0.1, -0.05) is 13.2 Å². The van der Waals surface area contributed by atoms with Crippen molar-refractivity contribution in [3.05, 3.63) is 25.1 Å². The summed E-state index contributed by atoms with van der Waals surface area (Å²) < 4.78 is 0. The molecule has 0 fully saturated rings. The molecule has 0 aromatic rings. The number of hydrogen-bond donors (Lipinski definition) is 1. The Labute approximate surface area is 55.1 Å². The molecule has 0 atom stereocenters. The molecule has 0 saturated heterocycles. The molecule has 0 unspecified atom stereocenters. The third-order valence-corrected chi connectivity index (χ3v) is 0.755. The number of hydrazone groups is 1. The zero-order chi connectivity index (χ0) is 7.28. The van der Waals surface area contributed by atoms with Crippen LogP contribution in [0.3, 0.4) is 0 Å². The standard InChI is InChI=1S/C6H11N3/c1-4-9(6(2)3)8-5-7/h4-5H,1-2H2,3H3,(H2,7,8). The highest BCUT2D eigenvalue weighted by atomic mass is 15.4. The summed E-state index contributed by atoms with van der Waals surface area (Å²) >= 11 is 0. The number of rotatable bonds is 3. The predicted molar refractivity (Wildman–Crippen MR) is 39.5 cm³/mol. The molecule has 0 spiro atoms. The van der Waals surface area contributed by atoms with E-state index < -0.39 is 0 Å². The average molecular weight is 125 g/mol. The van der Waals surface area contributed by atoms with Crippen molar-refractivity contribution in [2.24, 2.45) is 10.8 Å². The van der Waals surface area contributed by atoms with Crippen LogP contribution in [0.5, 0.6) is 0 Å². The van der Waals surface area contributed by atoms with Gasteiger partial charge in [-0.05, 0) is 6.92 Å². The second kappa shape index (κ2) is 3.72. The first-order chi connectivity index (χ1) is 4.22. The second-order valence-electron chi connectivity index (χ2n) is 1.53. The van der Waals surface area contributed by atoms with Gasteiger partial charge in [0.15, 0.2) is 0 Å². The van der Waals surface area contributed by atoms with Crippen molar-refractivity contribution in [2.45, 2.75) is 6.92 Å². The monoisotopic (exact) mass is 125 g/mol. The largest absolute Gasteiger partial charge is 0.388 e. The third-order valence-electron chi connectivity index (χ3n) is 0.755. The highest BCUT2D eigenvalue weighted by Gasteiger charge is 1.90. The van der Waals surface area contributed by atoms with Gasteiger partial charge in [-0.3, -0.25) is 0 Å². The Kier molecular flexibility index (Phi) is 3.20. The molecule has 0 radical (unpaired) electrons. The number of allylic oxidation sites excluding steroid dienone is 1. The molecule has 2 N–H and O–H groups in total. The Bertz CT molecular complexity index is 137. The maximum absolute atomic E-state index is 5.02. The molecular weight excluding hydrogens is 114 g/mol. The van der Waals surface area contributed by atoms with E-state index in [9.17, 15) is 0 Å². The van der Waals surface area contributed by atoms with Crippen molar-refractivity contribution in [2.75, 3.05) is 0 Å². The van der Waals surface area contributed by atoms with Gasteiger partial charge in [0.1, 0.15) is 6.34 Å². The minimum Gasteiger partial charge on any atom is -0.388 e. The van der Waals surface area contributed by atoms with Gasteiger partial charge in [0, 0.05) is 11.9 Å². The van der Waals surface area contributed by atoms with Crippen molar-refractivity contribution in [3.8, 4) is 0 Å². The lowest BCUT2D eigenvalue weighted by atomic mass is 10.5. The first-order valence-corrected chi connectivity index (χ1v) is 2.54. The van der Waals surface area contributed by atoms with E-state index >= 15 is 0 Å². The number of hydrogen-bond acceptors (Lipinski definition) is 2. The average Bonchev–Trinajstić information content (AvgIpc) is 1.82. The first-order valence-electron chi connectivity index (χ1n) is 2.54. The van der Waals surface area contributed by atoms with E-state index in [0.717, 1.165) is 5.70 Å². The molecule has 0 aromatic carbocycles. The van der Waals surface area contributed by atoms with Crippen LogP contribution in [0.25, 0.3) is 0 Å². The zero-order valence-electron chi connectivity index (χ0n) is 5.54. The van der Waals surface area contributed by atoms with E-state index in [2.05, 4.69) is 18.3 Å². The van der Waals surface area contributed by atoms with Crippen LogP contribution in [0.15, 0.2) is 30.2 Å². The van der Waals surface area contributed by atoms with E-state index in [1.807, 2.05) is 6.92 Å². The summed E-state index contributed by atoms with van der Waals surface area (Å²) in [6, 6.07) is 0. The Balaban J connectivity index is 3.98. The van der Waals surface area contributed by atoms with Crippen molar-refractivity contribution in [1.29, 1.82) is 0 Å². The molecule has 0 aromatic heterocycles. The molecule has 50 valence electrons. The van der Waals surface area contributed by atoms with E-state index in [4.69, 9.17) is 5.73 Å². The molecule has 0 aliphatic heterocycles. The van der Waals surface area contributed by atoms with Crippen LogP contribution in [0.1, 0.15) is 6.92 Å². The van der Waals surface area contributed by atoms with Gasteiger partial charge >= 0.3 is 0 Å². The third kappa shape index (κ3) is 2.54. The van der Waals surface area contributed by atoms with E-state index in [1.165, 1.54) is 17.5 Å². The molecule has 0 aliphatic rings. The maximum atomic E-state index is 5.02. The van der Waals surface area contributed by atoms with Crippen molar-refractivity contribution in [1.82, 2.24) is 5.01 Å². The maximum Gasteiger partial charge on any atom is 0.107 e. The minimum absolute atomic E-state index is 0.784. The summed E-state index contributed by atoms with van der Waals surface area (Å²) in [5, 5.41) is 5.20. The molecule has 0 amide bonds. The van der Waals surface area contributed by atoms with Gasteiger partial charge in [-0.15, -0.1) is 0 Å². The first kappa shape index (κ1) is 7.75. The van der Waals surface area contributed by atoms with Crippen LogP contribution in [0.2, 0.25) is 0 Å². The van der Waals surface area contributed by atoms with Crippen LogP contribution < -0.4 is 5.73 Å². The summed E-state index contributed by atoms with van der Waals surface area (Å²) in [5.74, 6) is 0. The van der Waals surface area contributed by atoms with E-state index in [-0.39, 0.29) is 0 Å². The van der Waals surface area contributed by atoms with Gasteiger partial charge in [-0.2, -0.15) is 5.10 Å². The Hall–Kier alpha value is -1.25. The molecule has 9 heavy (non-hydrogen) atoms. The molecule has 0 saturated carbocycles. The summed E-state index contributed by atoms with van der Waals surface area (Å²) in [5.41, 5.74) is 5.80. The van der Waals surface area contributed by atoms with Crippen LogP contribution >= 0.6 is 0 Å². The normalized spacial score (nSPS) is 9.44. The van der Waals surface area contributed by atoms with Crippen LogP contribution in [-0.4, -0.2) is 11.3 Å². The molecule has 0 rings (SSSR count). The fourth-order valence-corrected chi connectivity index (χ4v) is 0.373. The van der Waals surface area contributed by atoms with E-state index in [0.29, 0.717) is 0 Å². The number of nitrogens with zero attached hydrogens (tertiary/aromatic N) is 2. The Morgan fingerprint density at radius 3 is 2.44 bits per heavy atom. The smallest absolute Gasteiger partial charge is 0.107 e. The van der Waals surface area contributed by atoms with E-state index in [1.54, 1.807) is 0 Å².